The minimum Gasteiger partial charge on any atom is -0.371 e. The predicted molar refractivity (Wildman–Crippen MR) is 146 cm³/mol. The highest BCUT2D eigenvalue weighted by atomic mass is 79.9. The standard InChI is InChI=1S/C29H42BrN3O/c1-20-16-21(2)19-33(18-20)23(4)27-17-24(30)12-13-28(27)31-22(3)25-10-6-7-11-26(25)29(34)32-14-8-5-9-15-32/h12-13,17,20-21,25-26,31H,3-11,14-16,18-19H2,1-2H3/t20-,21+,25?,26?. The largest absolute Gasteiger partial charge is 0.371 e. The van der Waals surface area contributed by atoms with Gasteiger partial charge >= 0.3 is 0 Å². The van der Waals surface area contributed by atoms with Crippen LogP contribution >= 0.6 is 15.9 Å². The van der Waals surface area contributed by atoms with Gasteiger partial charge in [-0.25, -0.2) is 0 Å². The molecule has 0 radical (unpaired) electrons. The number of halogens is 1. The van der Waals surface area contributed by atoms with Crippen LogP contribution < -0.4 is 5.32 Å². The van der Waals surface area contributed by atoms with E-state index in [9.17, 15) is 4.79 Å². The second-order valence-corrected chi connectivity index (χ2v) is 11.9. The Balaban J connectivity index is 1.51. The van der Waals surface area contributed by atoms with Crippen molar-refractivity contribution in [2.24, 2.45) is 23.7 Å². The number of rotatable bonds is 6. The lowest BCUT2D eigenvalue weighted by atomic mass is 9.76. The van der Waals surface area contributed by atoms with Crippen molar-refractivity contribution in [1.82, 2.24) is 9.80 Å². The lowest BCUT2D eigenvalue weighted by Crippen LogP contribution is -2.43. The molecule has 2 saturated heterocycles. The summed E-state index contributed by atoms with van der Waals surface area (Å²) in [6, 6.07) is 6.36. The molecule has 0 aromatic heterocycles. The van der Waals surface area contributed by atoms with Gasteiger partial charge in [0.2, 0.25) is 5.91 Å². The number of anilines is 1. The monoisotopic (exact) mass is 527 g/mol. The normalized spacial score (nSPS) is 27.9. The fraction of sp³-hybridized carbons (Fsp3) is 0.621. The molecule has 2 unspecified atom stereocenters. The Morgan fingerprint density at radius 2 is 1.59 bits per heavy atom. The van der Waals surface area contributed by atoms with Crippen LogP contribution in [0.3, 0.4) is 0 Å². The number of carbonyl (C=O) groups is 1. The summed E-state index contributed by atoms with van der Waals surface area (Å²) in [6.45, 7) is 17.6. The fourth-order valence-electron chi connectivity index (χ4n) is 6.38. The smallest absolute Gasteiger partial charge is 0.226 e. The summed E-state index contributed by atoms with van der Waals surface area (Å²) >= 11 is 3.67. The van der Waals surface area contributed by atoms with Crippen molar-refractivity contribution >= 4 is 33.2 Å². The van der Waals surface area contributed by atoms with Crippen LogP contribution in [0.4, 0.5) is 5.69 Å². The summed E-state index contributed by atoms with van der Waals surface area (Å²) in [5.74, 6) is 1.93. The van der Waals surface area contributed by atoms with Gasteiger partial charge in [-0.3, -0.25) is 4.79 Å². The average molecular weight is 529 g/mol. The number of hydrogen-bond donors (Lipinski definition) is 1. The third-order valence-electron chi connectivity index (χ3n) is 8.04. The van der Waals surface area contributed by atoms with E-state index < -0.39 is 0 Å². The summed E-state index contributed by atoms with van der Waals surface area (Å²) in [5.41, 5.74) is 4.21. The van der Waals surface area contributed by atoms with Crippen molar-refractivity contribution in [3.63, 3.8) is 0 Å². The zero-order chi connectivity index (χ0) is 24.2. The fourth-order valence-corrected chi connectivity index (χ4v) is 6.74. The van der Waals surface area contributed by atoms with E-state index in [0.29, 0.717) is 17.7 Å². The first-order valence-electron chi connectivity index (χ1n) is 13.3. The van der Waals surface area contributed by atoms with Gasteiger partial charge in [0, 0.05) is 65.1 Å². The lowest BCUT2D eigenvalue weighted by molar-refractivity contribution is -0.138. The van der Waals surface area contributed by atoms with Crippen molar-refractivity contribution in [2.45, 2.75) is 65.2 Å². The van der Waals surface area contributed by atoms with Gasteiger partial charge in [-0.15, -0.1) is 0 Å². The molecular weight excluding hydrogens is 486 g/mol. The summed E-state index contributed by atoms with van der Waals surface area (Å²) in [6.07, 6.45) is 9.11. The van der Waals surface area contributed by atoms with Crippen molar-refractivity contribution in [2.75, 3.05) is 31.5 Å². The van der Waals surface area contributed by atoms with E-state index in [4.69, 9.17) is 0 Å². The molecule has 1 saturated carbocycles. The van der Waals surface area contributed by atoms with E-state index in [1.807, 2.05) is 0 Å². The molecule has 34 heavy (non-hydrogen) atoms. The molecule has 0 spiro atoms. The van der Waals surface area contributed by atoms with Crippen LogP contribution in [0.5, 0.6) is 0 Å². The molecule has 2 aliphatic heterocycles. The second kappa shape index (κ2) is 11.3. The van der Waals surface area contributed by atoms with E-state index in [2.05, 4.69) is 76.3 Å². The Morgan fingerprint density at radius 1 is 0.941 bits per heavy atom. The van der Waals surface area contributed by atoms with Crippen molar-refractivity contribution in [1.29, 1.82) is 0 Å². The molecule has 4 rings (SSSR count). The number of hydrogen-bond acceptors (Lipinski definition) is 3. The SMILES string of the molecule is C=C(Nc1ccc(Br)cc1C(=C)N1C[C@H](C)C[C@H](C)C1)C1CCCCC1C(=O)N1CCCCC1. The molecule has 1 aromatic carbocycles. The van der Waals surface area contributed by atoms with Gasteiger partial charge in [0.1, 0.15) is 0 Å². The quantitative estimate of drug-likeness (QED) is 0.426. The molecule has 1 aliphatic carbocycles. The zero-order valence-corrected chi connectivity index (χ0v) is 22.7. The van der Waals surface area contributed by atoms with Crippen LogP contribution in [0.2, 0.25) is 0 Å². The summed E-state index contributed by atoms with van der Waals surface area (Å²) in [7, 11) is 0. The van der Waals surface area contributed by atoms with Crippen molar-refractivity contribution < 1.29 is 4.79 Å². The first kappa shape index (κ1) is 25.3. The molecule has 5 heteroatoms. The van der Waals surface area contributed by atoms with Gasteiger partial charge in [-0.1, -0.05) is 55.8 Å². The summed E-state index contributed by atoms with van der Waals surface area (Å²) in [5, 5.41) is 3.66. The Hall–Kier alpha value is -1.75. The third kappa shape index (κ3) is 5.90. The number of likely N-dealkylation sites (tertiary alicyclic amines) is 2. The maximum atomic E-state index is 13.4. The van der Waals surface area contributed by atoms with E-state index in [1.54, 1.807) is 0 Å². The highest BCUT2D eigenvalue weighted by Gasteiger charge is 2.36. The Kier molecular flexibility index (Phi) is 8.44. The molecule has 4 atom stereocenters. The number of benzene rings is 1. The average Bonchev–Trinajstić information content (AvgIpc) is 2.84. The van der Waals surface area contributed by atoms with Crippen molar-refractivity contribution in [3.8, 4) is 0 Å². The highest BCUT2D eigenvalue weighted by molar-refractivity contribution is 9.10. The Morgan fingerprint density at radius 3 is 2.26 bits per heavy atom. The van der Waals surface area contributed by atoms with E-state index >= 15 is 0 Å². The number of carbonyl (C=O) groups excluding carboxylic acids is 1. The molecule has 0 bridgehead atoms. The number of allylic oxidation sites excluding steroid dienone is 1. The summed E-state index contributed by atoms with van der Waals surface area (Å²) < 4.78 is 1.05. The van der Waals surface area contributed by atoms with Gasteiger partial charge in [-0.2, -0.15) is 0 Å². The number of piperidine rings is 2. The second-order valence-electron chi connectivity index (χ2n) is 11.0. The van der Waals surface area contributed by atoms with Crippen LogP contribution in [0, 0.1) is 23.7 Å². The Labute approximate surface area is 215 Å². The van der Waals surface area contributed by atoms with Gasteiger partial charge in [0.25, 0.3) is 0 Å². The number of amides is 1. The van der Waals surface area contributed by atoms with Crippen LogP contribution in [0.15, 0.2) is 41.5 Å². The molecule has 186 valence electrons. The number of nitrogens with zero attached hydrogens (tertiary/aromatic N) is 2. The third-order valence-corrected chi connectivity index (χ3v) is 8.53. The van der Waals surface area contributed by atoms with Gasteiger partial charge in [0.15, 0.2) is 0 Å². The molecule has 1 amide bonds. The molecule has 1 N–H and O–H groups in total. The van der Waals surface area contributed by atoms with Crippen LogP contribution in [-0.2, 0) is 4.79 Å². The minimum atomic E-state index is 0.0535. The summed E-state index contributed by atoms with van der Waals surface area (Å²) in [4.78, 5) is 18.0. The maximum absolute atomic E-state index is 13.4. The van der Waals surface area contributed by atoms with Gasteiger partial charge in [0.05, 0.1) is 0 Å². The first-order chi connectivity index (χ1) is 16.3. The first-order valence-corrected chi connectivity index (χ1v) is 14.1. The molecule has 3 fully saturated rings. The van der Waals surface area contributed by atoms with E-state index in [1.165, 1.54) is 19.3 Å². The van der Waals surface area contributed by atoms with Crippen LogP contribution in [0.25, 0.3) is 5.70 Å². The van der Waals surface area contributed by atoms with Gasteiger partial charge < -0.3 is 15.1 Å². The lowest BCUT2D eigenvalue weighted by Gasteiger charge is -2.39. The molecule has 3 aliphatic rings. The predicted octanol–water partition coefficient (Wildman–Crippen LogP) is 7.14. The van der Waals surface area contributed by atoms with Crippen LogP contribution in [-0.4, -0.2) is 41.9 Å². The molecule has 4 nitrogen and oxygen atoms in total. The van der Waals surface area contributed by atoms with Crippen molar-refractivity contribution in [3.05, 3.63) is 47.1 Å². The number of nitrogens with one attached hydrogen (secondary N) is 1. The van der Waals surface area contributed by atoms with E-state index in [0.717, 1.165) is 85.4 Å². The van der Waals surface area contributed by atoms with E-state index in [-0.39, 0.29) is 11.8 Å². The molecular formula is C29H42BrN3O. The topological polar surface area (TPSA) is 35.6 Å². The zero-order valence-electron chi connectivity index (χ0n) is 21.1. The molecule has 2 heterocycles. The molecule has 1 aromatic rings. The van der Waals surface area contributed by atoms with Gasteiger partial charge in [-0.05, 0) is 68.6 Å². The maximum Gasteiger partial charge on any atom is 0.226 e. The highest BCUT2D eigenvalue weighted by Crippen LogP contribution is 2.39. The van der Waals surface area contributed by atoms with Crippen LogP contribution in [0.1, 0.15) is 70.8 Å². The minimum absolute atomic E-state index is 0.0535. The Bertz CT molecular complexity index is 897.